The molecular formula is C17H26N2O. The van der Waals surface area contributed by atoms with Gasteiger partial charge in [0.1, 0.15) is 5.75 Å². The Morgan fingerprint density at radius 2 is 2.10 bits per heavy atom. The van der Waals surface area contributed by atoms with Gasteiger partial charge >= 0.3 is 0 Å². The number of fused-ring (bicyclic) bond motifs is 1. The lowest BCUT2D eigenvalue weighted by Crippen LogP contribution is -2.50. The zero-order valence-electron chi connectivity index (χ0n) is 12.5. The molecule has 3 heteroatoms. The summed E-state index contributed by atoms with van der Waals surface area (Å²) in [5.41, 5.74) is 9.12. The van der Waals surface area contributed by atoms with Crippen LogP contribution >= 0.6 is 0 Å². The van der Waals surface area contributed by atoms with E-state index in [9.17, 15) is 0 Å². The second kappa shape index (κ2) is 5.74. The smallest absolute Gasteiger partial charge is 0.122 e. The number of hydrogen-bond donors (Lipinski definition) is 1. The molecule has 0 radical (unpaired) electrons. The average molecular weight is 274 g/mol. The molecule has 0 bridgehead atoms. The molecule has 0 aromatic heterocycles. The molecule has 2 N–H and O–H groups in total. The molecular weight excluding hydrogens is 248 g/mol. The Kier molecular flexibility index (Phi) is 3.99. The maximum Gasteiger partial charge on any atom is 0.122 e. The van der Waals surface area contributed by atoms with Gasteiger partial charge in [0, 0.05) is 25.0 Å². The van der Waals surface area contributed by atoms with Crippen molar-refractivity contribution >= 4 is 0 Å². The fourth-order valence-electron chi connectivity index (χ4n) is 3.70. The number of hydrogen-bond acceptors (Lipinski definition) is 3. The van der Waals surface area contributed by atoms with Gasteiger partial charge in [0.25, 0.3) is 0 Å². The van der Waals surface area contributed by atoms with Crippen LogP contribution in [0.2, 0.25) is 0 Å². The van der Waals surface area contributed by atoms with Crippen molar-refractivity contribution in [3.63, 3.8) is 0 Å². The first-order valence-corrected chi connectivity index (χ1v) is 7.89. The van der Waals surface area contributed by atoms with E-state index in [1.54, 1.807) is 0 Å². The number of nitrogens with two attached hydrogens (primary N) is 1. The minimum Gasteiger partial charge on any atom is -0.493 e. The van der Waals surface area contributed by atoms with Crippen LogP contribution in [-0.2, 0) is 12.8 Å². The van der Waals surface area contributed by atoms with Gasteiger partial charge in [-0.25, -0.2) is 0 Å². The Bertz CT molecular complexity index is 466. The zero-order valence-corrected chi connectivity index (χ0v) is 12.5. The molecule has 0 amide bonds. The third-order valence-electron chi connectivity index (χ3n) is 5.21. The number of likely N-dealkylation sites (N-methyl/N-ethyl adjacent to an activating group) is 1. The molecule has 3 rings (SSSR count). The summed E-state index contributed by atoms with van der Waals surface area (Å²) >= 11 is 0. The van der Waals surface area contributed by atoms with E-state index >= 15 is 0 Å². The van der Waals surface area contributed by atoms with Gasteiger partial charge in [0.2, 0.25) is 0 Å². The molecule has 20 heavy (non-hydrogen) atoms. The fourth-order valence-corrected chi connectivity index (χ4v) is 3.70. The summed E-state index contributed by atoms with van der Waals surface area (Å²) in [6, 6.07) is 6.66. The van der Waals surface area contributed by atoms with Crippen molar-refractivity contribution in [3.05, 3.63) is 29.3 Å². The predicted octanol–water partition coefficient (Wildman–Crippen LogP) is 2.37. The van der Waals surface area contributed by atoms with Gasteiger partial charge < -0.3 is 10.5 Å². The summed E-state index contributed by atoms with van der Waals surface area (Å²) in [5, 5.41) is 0. The third kappa shape index (κ3) is 2.57. The molecule has 0 saturated heterocycles. The molecule has 110 valence electrons. The fraction of sp³-hybridized carbons (Fsp3) is 0.647. The summed E-state index contributed by atoms with van der Waals surface area (Å²) in [6.45, 7) is 2.73. The lowest BCUT2D eigenvalue weighted by atomic mass is 9.95. The largest absolute Gasteiger partial charge is 0.493 e. The van der Waals surface area contributed by atoms with E-state index in [0.29, 0.717) is 0 Å². The highest BCUT2D eigenvalue weighted by Gasteiger charge is 2.35. The Labute approximate surface area is 122 Å². The van der Waals surface area contributed by atoms with Gasteiger partial charge in [-0.1, -0.05) is 25.0 Å². The Hall–Kier alpha value is -1.06. The Morgan fingerprint density at radius 3 is 2.85 bits per heavy atom. The molecule has 1 heterocycles. The third-order valence-corrected chi connectivity index (χ3v) is 5.21. The number of ether oxygens (including phenoxy) is 1. The first-order chi connectivity index (χ1) is 9.73. The summed E-state index contributed by atoms with van der Waals surface area (Å²) in [6.07, 6.45) is 7.35. The lowest BCUT2D eigenvalue weighted by molar-refractivity contribution is 0.133. The van der Waals surface area contributed by atoms with Crippen LogP contribution in [0.5, 0.6) is 5.75 Å². The van der Waals surface area contributed by atoms with E-state index < -0.39 is 0 Å². The number of nitrogens with zero attached hydrogens (tertiary/aromatic N) is 1. The summed E-state index contributed by atoms with van der Waals surface area (Å²) in [4.78, 5) is 2.50. The molecule has 1 aromatic rings. The standard InChI is InChI=1S/C17H26N2O/c1-19(17(13-18)8-2-3-9-17)10-6-14-4-5-16-15(12-14)7-11-20-16/h4-5,12H,2-3,6-11,13,18H2,1H3. The van der Waals surface area contributed by atoms with Gasteiger partial charge in [0.05, 0.1) is 6.61 Å². The van der Waals surface area contributed by atoms with Crippen molar-refractivity contribution in [3.8, 4) is 5.75 Å². The summed E-state index contributed by atoms with van der Waals surface area (Å²) < 4.78 is 5.57. The van der Waals surface area contributed by atoms with Crippen LogP contribution in [-0.4, -0.2) is 37.2 Å². The highest BCUT2D eigenvalue weighted by molar-refractivity contribution is 5.39. The Morgan fingerprint density at radius 1 is 1.30 bits per heavy atom. The minimum absolute atomic E-state index is 0.264. The van der Waals surface area contributed by atoms with E-state index in [4.69, 9.17) is 10.5 Å². The van der Waals surface area contributed by atoms with Gasteiger partial charge in [-0.2, -0.15) is 0 Å². The summed E-state index contributed by atoms with van der Waals surface area (Å²) in [7, 11) is 2.24. The second-order valence-electron chi connectivity index (χ2n) is 6.35. The van der Waals surface area contributed by atoms with Crippen LogP contribution < -0.4 is 10.5 Å². The average Bonchev–Trinajstić information content (AvgIpc) is 3.13. The molecule has 1 fully saturated rings. The molecule has 0 atom stereocenters. The quantitative estimate of drug-likeness (QED) is 0.896. The van der Waals surface area contributed by atoms with Crippen molar-refractivity contribution in [2.24, 2.45) is 5.73 Å². The van der Waals surface area contributed by atoms with Crippen molar-refractivity contribution < 1.29 is 4.74 Å². The van der Waals surface area contributed by atoms with E-state index in [1.807, 2.05) is 0 Å². The van der Waals surface area contributed by atoms with Crippen LogP contribution in [0, 0.1) is 0 Å². The SMILES string of the molecule is CN(CCc1ccc2c(c1)CCO2)C1(CN)CCCC1. The molecule has 3 nitrogen and oxygen atoms in total. The van der Waals surface area contributed by atoms with Crippen LogP contribution in [0.1, 0.15) is 36.8 Å². The monoisotopic (exact) mass is 274 g/mol. The number of rotatable bonds is 5. The molecule has 1 aliphatic carbocycles. The molecule has 0 spiro atoms. The van der Waals surface area contributed by atoms with E-state index in [1.165, 1.54) is 36.8 Å². The Balaban J connectivity index is 1.61. The van der Waals surface area contributed by atoms with Gasteiger partial charge in [-0.15, -0.1) is 0 Å². The molecule has 1 aliphatic heterocycles. The van der Waals surface area contributed by atoms with Crippen molar-refractivity contribution in [1.82, 2.24) is 4.90 Å². The normalized spacial score (nSPS) is 20.1. The van der Waals surface area contributed by atoms with Crippen LogP contribution in [0.4, 0.5) is 0 Å². The molecule has 1 saturated carbocycles. The van der Waals surface area contributed by atoms with E-state index in [2.05, 4.69) is 30.1 Å². The van der Waals surface area contributed by atoms with Crippen molar-refractivity contribution in [2.45, 2.75) is 44.1 Å². The lowest BCUT2D eigenvalue weighted by Gasteiger charge is -2.38. The highest BCUT2D eigenvalue weighted by atomic mass is 16.5. The van der Waals surface area contributed by atoms with Crippen LogP contribution in [0.15, 0.2) is 18.2 Å². The maximum atomic E-state index is 6.05. The summed E-state index contributed by atoms with van der Waals surface area (Å²) in [5.74, 6) is 1.08. The molecule has 2 aliphatic rings. The zero-order chi connectivity index (χ0) is 14.0. The highest BCUT2D eigenvalue weighted by Crippen LogP contribution is 2.33. The predicted molar refractivity (Wildman–Crippen MR) is 82.2 cm³/mol. The van der Waals surface area contributed by atoms with Crippen molar-refractivity contribution in [1.29, 1.82) is 0 Å². The van der Waals surface area contributed by atoms with Crippen LogP contribution in [0.25, 0.3) is 0 Å². The minimum atomic E-state index is 0.264. The van der Waals surface area contributed by atoms with Gasteiger partial charge in [-0.05, 0) is 43.5 Å². The number of benzene rings is 1. The van der Waals surface area contributed by atoms with Crippen molar-refractivity contribution in [2.75, 3.05) is 26.7 Å². The van der Waals surface area contributed by atoms with Crippen LogP contribution in [0.3, 0.4) is 0 Å². The second-order valence-corrected chi connectivity index (χ2v) is 6.35. The van der Waals surface area contributed by atoms with Gasteiger partial charge in [-0.3, -0.25) is 4.90 Å². The molecule has 1 aromatic carbocycles. The molecule has 0 unspecified atom stereocenters. The van der Waals surface area contributed by atoms with Gasteiger partial charge in [0.15, 0.2) is 0 Å². The topological polar surface area (TPSA) is 38.5 Å². The van der Waals surface area contributed by atoms with E-state index in [0.717, 1.165) is 38.3 Å². The van der Waals surface area contributed by atoms with E-state index in [-0.39, 0.29) is 5.54 Å². The first kappa shape index (κ1) is 13.9. The first-order valence-electron chi connectivity index (χ1n) is 7.89. The maximum absolute atomic E-state index is 6.05.